The van der Waals surface area contributed by atoms with Crippen molar-refractivity contribution in [2.45, 2.75) is 39.0 Å². The van der Waals surface area contributed by atoms with E-state index >= 15 is 0 Å². The van der Waals surface area contributed by atoms with Gasteiger partial charge in [0.2, 0.25) is 0 Å². The Morgan fingerprint density at radius 1 is 1.00 bits per heavy atom. The fourth-order valence-corrected chi connectivity index (χ4v) is 0.864. The number of alkyl halides is 6. The minimum absolute atomic E-state index is 0.106. The van der Waals surface area contributed by atoms with Crippen molar-refractivity contribution < 1.29 is 45.6 Å². The first kappa shape index (κ1) is 20.7. The third-order valence-corrected chi connectivity index (χ3v) is 2.01. The van der Waals surface area contributed by atoms with Crippen LogP contribution in [0.3, 0.4) is 0 Å². The number of hydrogen-bond acceptors (Lipinski definition) is 1. The van der Waals surface area contributed by atoms with Gasteiger partial charge in [0, 0.05) is 0 Å². The molecule has 1 atom stereocenters. The summed E-state index contributed by atoms with van der Waals surface area (Å²) in [5, 5.41) is 0. The molecule has 0 aliphatic rings. The molecule has 1 unspecified atom stereocenters. The molecule has 0 fully saturated rings. The minimum Gasteiger partial charge on any atom is -0.303 e. The predicted octanol–water partition coefficient (Wildman–Crippen LogP) is 2.95. The van der Waals surface area contributed by atoms with E-state index in [1.54, 1.807) is 0 Å². The maximum atomic E-state index is 13.1. The normalized spacial score (nSPS) is 15.4. The van der Waals surface area contributed by atoms with Gasteiger partial charge in [-0.1, -0.05) is 5.57 Å². The van der Waals surface area contributed by atoms with Crippen molar-refractivity contribution in [3.05, 3.63) is 11.1 Å². The first-order valence-electron chi connectivity index (χ1n) is 4.51. The summed E-state index contributed by atoms with van der Waals surface area (Å²) >= 11 is 0. The van der Waals surface area contributed by atoms with Crippen LogP contribution in [0, 0.1) is 0 Å². The number of halogens is 6. The van der Waals surface area contributed by atoms with E-state index in [-0.39, 0.29) is 5.57 Å². The SMILES string of the molecule is CC(C)=C(C)C(F)(C(F)F)C(F)(F)F.O=P(O)(O)O. The van der Waals surface area contributed by atoms with Gasteiger partial charge in [-0.3, -0.25) is 0 Å². The van der Waals surface area contributed by atoms with E-state index in [1.165, 1.54) is 0 Å². The number of rotatable bonds is 2. The van der Waals surface area contributed by atoms with Gasteiger partial charge >= 0.3 is 14.0 Å². The molecular weight excluding hydrogens is 305 g/mol. The molecular formula is C8H13F6O4P. The van der Waals surface area contributed by atoms with Crippen LogP contribution in [-0.2, 0) is 4.57 Å². The highest BCUT2D eigenvalue weighted by Crippen LogP contribution is 2.44. The summed E-state index contributed by atoms with van der Waals surface area (Å²) < 4.78 is 82.4. The van der Waals surface area contributed by atoms with E-state index < -0.39 is 31.7 Å². The molecule has 0 aromatic heterocycles. The molecule has 0 saturated carbocycles. The van der Waals surface area contributed by atoms with Crippen LogP contribution in [-0.4, -0.2) is 33.0 Å². The van der Waals surface area contributed by atoms with Crippen molar-refractivity contribution in [3.8, 4) is 0 Å². The fourth-order valence-electron chi connectivity index (χ4n) is 0.864. The average molecular weight is 318 g/mol. The summed E-state index contributed by atoms with van der Waals surface area (Å²) in [5.41, 5.74) is -5.63. The number of phosphoric acid groups is 1. The van der Waals surface area contributed by atoms with Crippen LogP contribution >= 0.6 is 7.82 Å². The van der Waals surface area contributed by atoms with Crippen LogP contribution in [0.5, 0.6) is 0 Å². The summed E-state index contributed by atoms with van der Waals surface area (Å²) in [6, 6.07) is 0. The largest absolute Gasteiger partial charge is 0.466 e. The Balaban J connectivity index is 0. The summed E-state index contributed by atoms with van der Waals surface area (Å²) in [7, 11) is -4.64. The quantitative estimate of drug-likeness (QED) is 0.415. The zero-order valence-electron chi connectivity index (χ0n) is 10.0. The standard InChI is InChI=1S/C8H10F6.H3O4P/c1-4(2)5(3)7(11,6(9)10)8(12,13)14;1-5(2,3)4/h6H,1-3H3;(H3,1,2,3,4). The van der Waals surface area contributed by atoms with Crippen LogP contribution in [0.4, 0.5) is 26.3 Å². The van der Waals surface area contributed by atoms with Gasteiger partial charge in [-0.15, -0.1) is 0 Å². The van der Waals surface area contributed by atoms with Gasteiger partial charge in [0.05, 0.1) is 0 Å². The van der Waals surface area contributed by atoms with E-state index in [4.69, 9.17) is 19.2 Å². The third-order valence-electron chi connectivity index (χ3n) is 2.01. The molecule has 0 aromatic rings. The van der Waals surface area contributed by atoms with Gasteiger partial charge in [0.1, 0.15) is 0 Å². The Labute approximate surface area is 105 Å². The second kappa shape index (κ2) is 6.74. The van der Waals surface area contributed by atoms with Crippen LogP contribution in [0.15, 0.2) is 11.1 Å². The Morgan fingerprint density at radius 3 is 1.32 bits per heavy atom. The lowest BCUT2D eigenvalue weighted by molar-refractivity contribution is -0.252. The Hall–Kier alpha value is -0.570. The molecule has 0 radical (unpaired) electrons. The van der Waals surface area contributed by atoms with Gasteiger partial charge in [-0.05, 0) is 26.3 Å². The second-order valence-corrected chi connectivity index (χ2v) is 4.68. The summed E-state index contributed by atoms with van der Waals surface area (Å²) in [5.74, 6) is 0. The smallest absolute Gasteiger partial charge is 0.303 e. The van der Waals surface area contributed by atoms with Crippen molar-refractivity contribution in [2.75, 3.05) is 0 Å². The molecule has 0 saturated heterocycles. The molecule has 0 aliphatic carbocycles. The van der Waals surface area contributed by atoms with E-state index in [2.05, 4.69) is 0 Å². The van der Waals surface area contributed by atoms with Crippen LogP contribution in [0.25, 0.3) is 0 Å². The number of allylic oxidation sites excluding steroid dienone is 2. The minimum atomic E-state index is -5.59. The molecule has 0 bridgehead atoms. The Morgan fingerprint density at radius 2 is 1.26 bits per heavy atom. The van der Waals surface area contributed by atoms with Crippen molar-refractivity contribution in [2.24, 2.45) is 0 Å². The molecule has 0 spiro atoms. The monoisotopic (exact) mass is 318 g/mol. The first-order chi connectivity index (χ1) is 8.05. The van der Waals surface area contributed by atoms with Gasteiger partial charge in [0.25, 0.3) is 12.1 Å². The molecule has 0 amide bonds. The Bertz CT molecular complexity index is 362. The third kappa shape index (κ3) is 6.95. The van der Waals surface area contributed by atoms with Crippen molar-refractivity contribution in [3.63, 3.8) is 0 Å². The molecule has 11 heteroatoms. The highest BCUT2D eigenvalue weighted by molar-refractivity contribution is 7.45. The predicted molar refractivity (Wildman–Crippen MR) is 54.2 cm³/mol. The molecule has 0 rings (SSSR count). The van der Waals surface area contributed by atoms with E-state index in [0.717, 1.165) is 20.8 Å². The summed E-state index contributed by atoms with van der Waals surface area (Å²) in [4.78, 5) is 21.6. The molecule has 116 valence electrons. The lowest BCUT2D eigenvalue weighted by Gasteiger charge is -2.28. The highest BCUT2D eigenvalue weighted by Gasteiger charge is 2.64. The Kier molecular flexibility index (Phi) is 7.35. The van der Waals surface area contributed by atoms with E-state index in [0.29, 0.717) is 0 Å². The topological polar surface area (TPSA) is 77.8 Å². The maximum Gasteiger partial charge on any atom is 0.466 e. The molecule has 19 heavy (non-hydrogen) atoms. The van der Waals surface area contributed by atoms with Gasteiger partial charge < -0.3 is 14.7 Å². The van der Waals surface area contributed by atoms with Gasteiger partial charge in [-0.25, -0.2) is 17.7 Å². The zero-order chi connectivity index (χ0) is 16.2. The van der Waals surface area contributed by atoms with Gasteiger partial charge in [-0.2, -0.15) is 13.2 Å². The van der Waals surface area contributed by atoms with E-state index in [9.17, 15) is 26.3 Å². The first-order valence-corrected chi connectivity index (χ1v) is 6.08. The molecule has 0 aliphatic heterocycles. The maximum absolute atomic E-state index is 13.1. The van der Waals surface area contributed by atoms with Gasteiger partial charge in [0.15, 0.2) is 0 Å². The van der Waals surface area contributed by atoms with Crippen molar-refractivity contribution in [1.82, 2.24) is 0 Å². The molecule has 0 aromatic carbocycles. The summed E-state index contributed by atoms with van der Waals surface area (Å²) in [6.07, 6.45) is -9.71. The molecule has 4 nitrogen and oxygen atoms in total. The van der Waals surface area contributed by atoms with Crippen molar-refractivity contribution in [1.29, 1.82) is 0 Å². The van der Waals surface area contributed by atoms with Crippen molar-refractivity contribution >= 4 is 7.82 Å². The average Bonchev–Trinajstić information content (AvgIpc) is 2.10. The molecule has 3 N–H and O–H groups in total. The van der Waals surface area contributed by atoms with Crippen LogP contribution in [0.2, 0.25) is 0 Å². The lowest BCUT2D eigenvalue weighted by atomic mass is 9.93. The number of hydrogen-bond donors (Lipinski definition) is 3. The van der Waals surface area contributed by atoms with E-state index in [1.807, 2.05) is 0 Å². The summed E-state index contributed by atoms with van der Waals surface area (Å²) in [6.45, 7) is 3.02. The second-order valence-electron chi connectivity index (χ2n) is 3.65. The highest BCUT2D eigenvalue weighted by atomic mass is 31.2. The van der Waals surface area contributed by atoms with Crippen LogP contribution in [0.1, 0.15) is 20.8 Å². The molecule has 0 heterocycles. The fraction of sp³-hybridized carbons (Fsp3) is 0.750. The van der Waals surface area contributed by atoms with Crippen LogP contribution < -0.4 is 0 Å². The zero-order valence-corrected chi connectivity index (χ0v) is 10.9. The lowest BCUT2D eigenvalue weighted by Crippen LogP contribution is -2.48.